The predicted octanol–water partition coefficient (Wildman–Crippen LogP) is 2.39. The number of hydrogen-bond acceptors (Lipinski definition) is 4. The van der Waals surface area contributed by atoms with Crippen molar-refractivity contribution in [1.82, 2.24) is 4.98 Å². The molecule has 0 saturated heterocycles. The standard InChI is InChI=1S/C13H17NO3/c1-2-3-4-5-10-17-13(16)12(15)11-6-8-14-9-7-11/h6-9H,2-5,10H2,1H3. The minimum absolute atomic E-state index is 0.315. The summed E-state index contributed by atoms with van der Waals surface area (Å²) >= 11 is 0. The number of unbranched alkanes of at least 4 members (excludes halogenated alkanes) is 3. The normalized spacial score (nSPS) is 9.94. The van der Waals surface area contributed by atoms with E-state index in [4.69, 9.17) is 4.74 Å². The van der Waals surface area contributed by atoms with E-state index in [-0.39, 0.29) is 0 Å². The average molecular weight is 235 g/mol. The fraction of sp³-hybridized carbons (Fsp3) is 0.462. The minimum atomic E-state index is -0.785. The molecule has 0 saturated carbocycles. The van der Waals surface area contributed by atoms with E-state index >= 15 is 0 Å². The summed E-state index contributed by atoms with van der Waals surface area (Å²) in [6, 6.07) is 3.00. The van der Waals surface area contributed by atoms with Crippen LogP contribution in [0.25, 0.3) is 0 Å². The van der Waals surface area contributed by atoms with Crippen molar-refractivity contribution in [3.63, 3.8) is 0 Å². The van der Waals surface area contributed by atoms with Crippen LogP contribution in [0.2, 0.25) is 0 Å². The molecule has 4 heteroatoms. The van der Waals surface area contributed by atoms with Gasteiger partial charge in [0.15, 0.2) is 0 Å². The number of carbonyl (C=O) groups excluding carboxylic acids is 2. The molecule has 0 radical (unpaired) electrons. The van der Waals surface area contributed by atoms with Gasteiger partial charge in [0.05, 0.1) is 6.61 Å². The number of hydrogen-bond donors (Lipinski definition) is 0. The Labute approximate surface area is 101 Å². The third-order valence-corrected chi connectivity index (χ3v) is 2.36. The van der Waals surface area contributed by atoms with Gasteiger partial charge in [-0.3, -0.25) is 9.78 Å². The summed E-state index contributed by atoms with van der Waals surface area (Å²) in [6.45, 7) is 2.43. The molecule has 1 heterocycles. The minimum Gasteiger partial charge on any atom is -0.460 e. The Morgan fingerprint density at radius 2 is 1.88 bits per heavy atom. The first-order chi connectivity index (χ1) is 8.25. The van der Waals surface area contributed by atoms with E-state index in [1.807, 2.05) is 0 Å². The highest BCUT2D eigenvalue weighted by molar-refractivity contribution is 6.40. The van der Waals surface area contributed by atoms with Gasteiger partial charge in [-0.25, -0.2) is 4.79 Å². The Hall–Kier alpha value is -1.71. The van der Waals surface area contributed by atoms with Gasteiger partial charge in [-0.05, 0) is 18.6 Å². The van der Waals surface area contributed by atoms with Crippen molar-refractivity contribution in [2.24, 2.45) is 0 Å². The highest BCUT2D eigenvalue weighted by Crippen LogP contribution is 2.02. The van der Waals surface area contributed by atoms with Gasteiger partial charge in [-0.2, -0.15) is 0 Å². The van der Waals surface area contributed by atoms with E-state index in [1.165, 1.54) is 24.5 Å². The van der Waals surface area contributed by atoms with Crippen LogP contribution in [-0.4, -0.2) is 23.3 Å². The lowest BCUT2D eigenvalue weighted by molar-refractivity contribution is -0.138. The molecule has 92 valence electrons. The summed E-state index contributed by atoms with van der Waals surface area (Å²) < 4.78 is 4.90. The Kier molecular flexibility index (Phi) is 5.93. The number of aromatic nitrogens is 1. The van der Waals surface area contributed by atoms with E-state index in [1.54, 1.807) is 0 Å². The topological polar surface area (TPSA) is 56.3 Å². The van der Waals surface area contributed by atoms with Gasteiger partial charge in [-0.15, -0.1) is 0 Å². The molecule has 1 aromatic rings. The number of nitrogens with zero attached hydrogens (tertiary/aromatic N) is 1. The van der Waals surface area contributed by atoms with Crippen LogP contribution in [0.3, 0.4) is 0 Å². The van der Waals surface area contributed by atoms with E-state index in [0.29, 0.717) is 12.2 Å². The van der Waals surface area contributed by atoms with Gasteiger partial charge in [0, 0.05) is 18.0 Å². The van der Waals surface area contributed by atoms with Crippen LogP contribution in [-0.2, 0) is 9.53 Å². The molecule has 0 aromatic carbocycles. The van der Waals surface area contributed by atoms with Crippen LogP contribution in [0.4, 0.5) is 0 Å². The monoisotopic (exact) mass is 235 g/mol. The Balaban J connectivity index is 2.31. The molecule has 0 unspecified atom stereocenters. The van der Waals surface area contributed by atoms with Crippen molar-refractivity contribution in [3.8, 4) is 0 Å². The third-order valence-electron chi connectivity index (χ3n) is 2.36. The number of ether oxygens (including phenoxy) is 1. The number of rotatable bonds is 7. The summed E-state index contributed by atoms with van der Waals surface area (Å²) in [4.78, 5) is 26.7. The molecule has 17 heavy (non-hydrogen) atoms. The zero-order valence-corrected chi connectivity index (χ0v) is 10.0. The maximum Gasteiger partial charge on any atom is 0.379 e. The summed E-state index contributed by atoms with van der Waals surface area (Å²) in [5.41, 5.74) is 0.318. The molecule has 0 aliphatic heterocycles. The second-order valence-electron chi connectivity index (χ2n) is 3.76. The lowest BCUT2D eigenvalue weighted by atomic mass is 10.2. The second kappa shape index (κ2) is 7.54. The van der Waals surface area contributed by atoms with Crippen molar-refractivity contribution >= 4 is 11.8 Å². The first-order valence-corrected chi connectivity index (χ1v) is 5.87. The largest absolute Gasteiger partial charge is 0.460 e. The summed E-state index contributed by atoms with van der Waals surface area (Å²) in [5.74, 6) is -1.39. The lowest BCUT2D eigenvalue weighted by Gasteiger charge is -2.03. The van der Waals surface area contributed by atoms with E-state index in [0.717, 1.165) is 25.7 Å². The number of carbonyl (C=O) groups is 2. The first-order valence-electron chi connectivity index (χ1n) is 5.87. The van der Waals surface area contributed by atoms with Crippen molar-refractivity contribution in [2.75, 3.05) is 6.61 Å². The Morgan fingerprint density at radius 3 is 2.53 bits per heavy atom. The highest BCUT2D eigenvalue weighted by atomic mass is 16.5. The van der Waals surface area contributed by atoms with Gasteiger partial charge in [-0.1, -0.05) is 26.2 Å². The summed E-state index contributed by atoms with van der Waals surface area (Å²) in [5, 5.41) is 0. The molecule has 0 fully saturated rings. The van der Waals surface area contributed by atoms with Gasteiger partial charge in [0.1, 0.15) is 0 Å². The molecule has 1 aromatic heterocycles. The molecule has 0 amide bonds. The van der Waals surface area contributed by atoms with Gasteiger partial charge < -0.3 is 4.74 Å². The first kappa shape index (κ1) is 13.4. The number of ketones is 1. The maximum atomic E-state index is 11.6. The number of esters is 1. The van der Waals surface area contributed by atoms with Gasteiger partial charge in [0.2, 0.25) is 0 Å². The van der Waals surface area contributed by atoms with Crippen molar-refractivity contribution in [1.29, 1.82) is 0 Å². The molecule has 0 spiro atoms. The zero-order valence-electron chi connectivity index (χ0n) is 10.0. The van der Waals surface area contributed by atoms with Crippen LogP contribution in [0.5, 0.6) is 0 Å². The fourth-order valence-corrected chi connectivity index (χ4v) is 1.38. The van der Waals surface area contributed by atoms with Crippen molar-refractivity contribution in [2.45, 2.75) is 32.6 Å². The Bertz CT molecular complexity index is 362. The predicted molar refractivity (Wildman–Crippen MR) is 63.7 cm³/mol. The molecule has 1 rings (SSSR count). The summed E-state index contributed by atoms with van der Waals surface area (Å²) in [7, 11) is 0. The molecule has 0 aliphatic carbocycles. The molecule has 0 atom stereocenters. The smallest absolute Gasteiger partial charge is 0.379 e. The van der Waals surface area contributed by atoms with E-state index < -0.39 is 11.8 Å². The lowest BCUT2D eigenvalue weighted by Crippen LogP contribution is -2.18. The molecule has 0 N–H and O–H groups in total. The van der Waals surface area contributed by atoms with E-state index in [9.17, 15) is 9.59 Å². The van der Waals surface area contributed by atoms with Crippen molar-refractivity contribution in [3.05, 3.63) is 30.1 Å². The molecule has 4 nitrogen and oxygen atoms in total. The average Bonchev–Trinajstić information content (AvgIpc) is 2.38. The van der Waals surface area contributed by atoms with Crippen LogP contribution in [0.15, 0.2) is 24.5 Å². The Morgan fingerprint density at radius 1 is 1.18 bits per heavy atom. The molecule has 0 aliphatic rings. The van der Waals surface area contributed by atoms with Crippen LogP contribution >= 0.6 is 0 Å². The van der Waals surface area contributed by atoms with E-state index in [2.05, 4.69) is 11.9 Å². The SMILES string of the molecule is CCCCCCOC(=O)C(=O)c1ccncc1. The van der Waals surface area contributed by atoms with Crippen LogP contribution < -0.4 is 0 Å². The quantitative estimate of drug-likeness (QED) is 0.315. The van der Waals surface area contributed by atoms with Gasteiger partial charge >= 0.3 is 5.97 Å². The molecule has 0 bridgehead atoms. The molecular formula is C13H17NO3. The number of pyridine rings is 1. The third kappa shape index (κ3) is 4.76. The zero-order chi connectivity index (χ0) is 12.5. The fourth-order valence-electron chi connectivity index (χ4n) is 1.38. The summed E-state index contributed by atoms with van der Waals surface area (Å²) in [6.07, 6.45) is 7.03. The highest BCUT2D eigenvalue weighted by Gasteiger charge is 2.16. The molecular weight excluding hydrogens is 218 g/mol. The van der Waals surface area contributed by atoms with Crippen molar-refractivity contribution < 1.29 is 14.3 Å². The van der Waals surface area contributed by atoms with Gasteiger partial charge in [0.25, 0.3) is 5.78 Å². The van der Waals surface area contributed by atoms with Crippen LogP contribution in [0.1, 0.15) is 43.0 Å². The van der Waals surface area contributed by atoms with Crippen LogP contribution in [0, 0.1) is 0 Å². The second-order valence-corrected chi connectivity index (χ2v) is 3.76. The maximum absolute atomic E-state index is 11.6. The number of Topliss-reactive ketones (excluding diaryl/α,β-unsaturated/α-hetero) is 1.